The summed E-state index contributed by atoms with van der Waals surface area (Å²) in [6.07, 6.45) is 3.03. The van der Waals surface area contributed by atoms with Crippen LogP contribution in [0.4, 0.5) is 0 Å². The molecule has 2 aromatic carbocycles. The number of nitrogens with zero attached hydrogens (tertiary/aromatic N) is 2. The average molecular weight is 252 g/mol. The molecule has 0 aliphatic heterocycles. The van der Waals surface area contributed by atoms with Crippen molar-refractivity contribution in [2.24, 2.45) is 0 Å². The Morgan fingerprint density at radius 2 is 1.84 bits per heavy atom. The minimum Gasteiger partial charge on any atom is -0.507 e. The van der Waals surface area contributed by atoms with Crippen molar-refractivity contribution < 1.29 is 10.2 Å². The molecule has 0 aliphatic carbocycles. The first kappa shape index (κ1) is 11.6. The van der Waals surface area contributed by atoms with Crippen molar-refractivity contribution in [2.45, 2.75) is 6.61 Å². The molecule has 94 valence electrons. The molecule has 1 aromatic heterocycles. The molecule has 1 heterocycles. The van der Waals surface area contributed by atoms with E-state index in [1.165, 1.54) is 6.33 Å². The maximum atomic E-state index is 10.4. The molecule has 0 radical (unpaired) electrons. The van der Waals surface area contributed by atoms with Gasteiger partial charge in [0.2, 0.25) is 0 Å². The Hall–Kier alpha value is -2.46. The molecule has 0 aliphatic rings. The van der Waals surface area contributed by atoms with Gasteiger partial charge in [0.25, 0.3) is 0 Å². The number of aliphatic hydroxyl groups is 1. The highest BCUT2D eigenvalue weighted by atomic mass is 16.3. The number of hydrogen-bond donors (Lipinski definition) is 2. The highest BCUT2D eigenvalue weighted by Gasteiger charge is 2.11. The Kier molecular flexibility index (Phi) is 2.85. The van der Waals surface area contributed by atoms with Crippen LogP contribution in [0.1, 0.15) is 5.56 Å². The molecule has 0 bridgehead atoms. The van der Waals surface area contributed by atoms with E-state index < -0.39 is 0 Å². The Morgan fingerprint density at radius 3 is 2.68 bits per heavy atom. The van der Waals surface area contributed by atoms with Gasteiger partial charge in [-0.2, -0.15) is 0 Å². The molecule has 0 saturated carbocycles. The lowest BCUT2D eigenvalue weighted by molar-refractivity contribution is 0.282. The van der Waals surface area contributed by atoms with E-state index in [0.717, 1.165) is 11.1 Å². The summed E-state index contributed by atoms with van der Waals surface area (Å²) in [5.41, 5.74) is 2.95. The number of aliphatic hydroxyl groups excluding tert-OH is 1. The first-order valence-corrected chi connectivity index (χ1v) is 5.92. The smallest absolute Gasteiger partial charge is 0.134 e. The minimum absolute atomic E-state index is 0.0705. The topological polar surface area (TPSA) is 66.2 Å². The van der Waals surface area contributed by atoms with Gasteiger partial charge in [0.05, 0.1) is 17.5 Å². The fourth-order valence-corrected chi connectivity index (χ4v) is 2.18. The predicted molar refractivity (Wildman–Crippen MR) is 72.6 cm³/mol. The minimum atomic E-state index is -0.0705. The van der Waals surface area contributed by atoms with Gasteiger partial charge in [-0.15, -0.1) is 0 Å². The summed E-state index contributed by atoms with van der Waals surface area (Å²) in [5.74, 6) is 0.138. The molecule has 4 heteroatoms. The summed E-state index contributed by atoms with van der Waals surface area (Å²) >= 11 is 0. The van der Waals surface area contributed by atoms with E-state index >= 15 is 0 Å². The quantitative estimate of drug-likeness (QED) is 0.735. The summed E-state index contributed by atoms with van der Waals surface area (Å²) in [6, 6.07) is 11.1. The van der Waals surface area contributed by atoms with Crippen molar-refractivity contribution in [1.29, 1.82) is 0 Å². The lowest BCUT2D eigenvalue weighted by atomic mass is 9.98. The fraction of sp³-hybridized carbons (Fsp3) is 0.0667. The summed E-state index contributed by atoms with van der Waals surface area (Å²) in [7, 11) is 0. The molecule has 2 N–H and O–H groups in total. The van der Waals surface area contributed by atoms with E-state index in [-0.39, 0.29) is 12.4 Å². The van der Waals surface area contributed by atoms with E-state index in [1.807, 2.05) is 30.3 Å². The first-order valence-electron chi connectivity index (χ1n) is 5.92. The number of rotatable bonds is 2. The van der Waals surface area contributed by atoms with Gasteiger partial charge in [-0.3, -0.25) is 0 Å². The third kappa shape index (κ3) is 1.92. The SMILES string of the molecule is OCc1ccccc1-c1ccc2ncncc2c1O. The average Bonchev–Trinajstić information content (AvgIpc) is 2.48. The van der Waals surface area contributed by atoms with Crippen LogP contribution in [0.5, 0.6) is 5.75 Å². The number of phenolic OH excluding ortho intramolecular Hbond substituents is 1. The zero-order valence-corrected chi connectivity index (χ0v) is 10.1. The summed E-state index contributed by atoms with van der Waals surface area (Å²) in [4.78, 5) is 8.03. The molecule has 0 saturated heterocycles. The van der Waals surface area contributed by atoms with E-state index in [1.54, 1.807) is 12.3 Å². The van der Waals surface area contributed by atoms with Gasteiger partial charge in [0, 0.05) is 11.8 Å². The normalized spacial score (nSPS) is 10.8. The molecule has 0 amide bonds. The van der Waals surface area contributed by atoms with Crippen LogP contribution in [0, 0.1) is 0 Å². The number of hydrogen-bond acceptors (Lipinski definition) is 4. The third-order valence-corrected chi connectivity index (χ3v) is 3.14. The Morgan fingerprint density at radius 1 is 1.00 bits per heavy atom. The molecule has 0 unspecified atom stereocenters. The van der Waals surface area contributed by atoms with Crippen molar-refractivity contribution in [1.82, 2.24) is 9.97 Å². The van der Waals surface area contributed by atoms with Crippen molar-refractivity contribution in [3.63, 3.8) is 0 Å². The second kappa shape index (κ2) is 4.66. The van der Waals surface area contributed by atoms with Gasteiger partial charge in [-0.25, -0.2) is 9.97 Å². The standard InChI is InChI=1S/C15H12N2O2/c18-8-10-3-1-2-4-11(10)12-5-6-14-13(15(12)19)7-16-9-17-14/h1-7,9,18-19H,8H2. The molecule has 3 rings (SSSR count). The van der Waals surface area contributed by atoms with Crippen LogP contribution in [-0.2, 0) is 6.61 Å². The maximum Gasteiger partial charge on any atom is 0.134 e. The summed E-state index contributed by atoms with van der Waals surface area (Å²) in [6.45, 7) is -0.0705. The molecule has 3 aromatic rings. The van der Waals surface area contributed by atoms with Gasteiger partial charge in [0.1, 0.15) is 12.1 Å². The van der Waals surface area contributed by atoms with E-state index in [4.69, 9.17) is 0 Å². The van der Waals surface area contributed by atoms with Crippen LogP contribution in [-0.4, -0.2) is 20.2 Å². The lowest BCUT2D eigenvalue weighted by Gasteiger charge is -2.10. The van der Waals surface area contributed by atoms with Gasteiger partial charge < -0.3 is 10.2 Å². The number of aromatic nitrogens is 2. The predicted octanol–water partition coefficient (Wildman–Crippen LogP) is 2.49. The molecule has 0 spiro atoms. The van der Waals surface area contributed by atoms with Crippen molar-refractivity contribution in [2.75, 3.05) is 0 Å². The molecular formula is C15H12N2O2. The summed E-state index contributed by atoms with van der Waals surface area (Å²) in [5, 5.41) is 20.3. The van der Waals surface area contributed by atoms with Crippen molar-refractivity contribution >= 4 is 10.9 Å². The van der Waals surface area contributed by atoms with Crippen LogP contribution in [0.3, 0.4) is 0 Å². The number of aromatic hydroxyl groups is 1. The van der Waals surface area contributed by atoms with Crippen LogP contribution in [0.15, 0.2) is 48.9 Å². The first-order chi connectivity index (χ1) is 9.31. The second-order valence-corrected chi connectivity index (χ2v) is 4.23. The highest BCUT2D eigenvalue weighted by molar-refractivity contribution is 5.92. The Balaban J connectivity index is 2.28. The number of fused-ring (bicyclic) bond motifs is 1. The van der Waals surface area contributed by atoms with Gasteiger partial charge in [0.15, 0.2) is 0 Å². The fourth-order valence-electron chi connectivity index (χ4n) is 2.18. The van der Waals surface area contributed by atoms with Crippen LogP contribution in [0.25, 0.3) is 22.0 Å². The molecular weight excluding hydrogens is 240 g/mol. The summed E-state index contributed by atoms with van der Waals surface area (Å²) < 4.78 is 0. The van der Waals surface area contributed by atoms with E-state index in [9.17, 15) is 10.2 Å². The van der Waals surface area contributed by atoms with Crippen LogP contribution < -0.4 is 0 Å². The van der Waals surface area contributed by atoms with Gasteiger partial charge in [-0.1, -0.05) is 24.3 Å². The molecule has 0 fully saturated rings. The molecule has 19 heavy (non-hydrogen) atoms. The largest absolute Gasteiger partial charge is 0.507 e. The van der Waals surface area contributed by atoms with Crippen LogP contribution >= 0.6 is 0 Å². The number of phenols is 1. The van der Waals surface area contributed by atoms with Gasteiger partial charge >= 0.3 is 0 Å². The lowest BCUT2D eigenvalue weighted by Crippen LogP contribution is -1.90. The van der Waals surface area contributed by atoms with E-state index in [0.29, 0.717) is 16.5 Å². The van der Waals surface area contributed by atoms with Crippen molar-refractivity contribution in [3.05, 3.63) is 54.5 Å². The third-order valence-electron chi connectivity index (χ3n) is 3.14. The van der Waals surface area contributed by atoms with Crippen LogP contribution in [0.2, 0.25) is 0 Å². The second-order valence-electron chi connectivity index (χ2n) is 4.23. The van der Waals surface area contributed by atoms with Gasteiger partial charge in [-0.05, 0) is 23.3 Å². The van der Waals surface area contributed by atoms with Crippen molar-refractivity contribution in [3.8, 4) is 16.9 Å². The zero-order valence-electron chi connectivity index (χ0n) is 10.1. The molecule has 0 atom stereocenters. The van der Waals surface area contributed by atoms with E-state index in [2.05, 4.69) is 9.97 Å². The monoisotopic (exact) mass is 252 g/mol. The molecule has 4 nitrogen and oxygen atoms in total. The number of benzene rings is 2. The highest BCUT2D eigenvalue weighted by Crippen LogP contribution is 2.36. The zero-order chi connectivity index (χ0) is 13.2. The Bertz CT molecular complexity index is 741. The Labute approximate surface area is 110 Å². The maximum absolute atomic E-state index is 10.4.